The summed E-state index contributed by atoms with van der Waals surface area (Å²) in [7, 11) is 0. The molecule has 1 aliphatic rings. The summed E-state index contributed by atoms with van der Waals surface area (Å²) in [5, 5.41) is 0. The molecule has 15 heavy (non-hydrogen) atoms. The molecule has 78 valence electrons. The van der Waals surface area contributed by atoms with Crippen molar-refractivity contribution in [2.24, 2.45) is 0 Å². The first-order valence-corrected chi connectivity index (χ1v) is 5.33. The third kappa shape index (κ3) is 2.50. The van der Waals surface area contributed by atoms with Crippen molar-refractivity contribution in [3.05, 3.63) is 53.6 Å². The molecular weight excluding hydrogens is 184 g/mol. The molecule has 0 aromatic heterocycles. The van der Waals surface area contributed by atoms with Gasteiger partial charge in [-0.05, 0) is 31.6 Å². The smallest absolute Gasteiger partial charge is 0.123 e. The molecule has 0 bridgehead atoms. The highest BCUT2D eigenvalue weighted by molar-refractivity contribution is 5.33. The first-order chi connectivity index (χ1) is 7.25. The Morgan fingerprint density at radius 1 is 1.20 bits per heavy atom. The van der Waals surface area contributed by atoms with Crippen molar-refractivity contribution in [2.75, 3.05) is 0 Å². The first kappa shape index (κ1) is 10.0. The molecule has 0 heterocycles. The van der Waals surface area contributed by atoms with Gasteiger partial charge < -0.3 is 4.74 Å². The summed E-state index contributed by atoms with van der Waals surface area (Å²) in [6.45, 7) is 4.18. The van der Waals surface area contributed by atoms with E-state index in [1.165, 1.54) is 11.1 Å². The summed E-state index contributed by atoms with van der Waals surface area (Å²) in [5.41, 5.74) is 2.51. The zero-order valence-electron chi connectivity index (χ0n) is 9.23. The molecule has 1 unspecified atom stereocenters. The lowest BCUT2D eigenvalue weighted by molar-refractivity contribution is 0.249. The Balaban J connectivity index is 2.05. The molecule has 0 saturated carbocycles. The highest BCUT2D eigenvalue weighted by atomic mass is 16.5. The maximum absolute atomic E-state index is 5.90. The largest absolute Gasteiger partial charge is 0.486 e. The van der Waals surface area contributed by atoms with E-state index in [0.29, 0.717) is 0 Å². The molecule has 0 spiro atoms. The van der Waals surface area contributed by atoms with Crippen molar-refractivity contribution in [2.45, 2.75) is 26.4 Å². The molecule has 0 N–H and O–H groups in total. The minimum atomic E-state index is 0.190. The van der Waals surface area contributed by atoms with Crippen molar-refractivity contribution in [3.8, 4) is 5.75 Å². The predicted octanol–water partition coefficient (Wildman–Crippen LogP) is 3.65. The predicted molar refractivity (Wildman–Crippen MR) is 63.1 cm³/mol. The fourth-order valence-electron chi connectivity index (χ4n) is 1.65. The van der Waals surface area contributed by atoms with Gasteiger partial charge >= 0.3 is 0 Å². The molecule has 1 aromatic rings. The molecule has 1 nitrogen and oxygen atoms in total. The Kier molecular flexibility index (Phi) is 2.91. The molecule has 0 fully saturated rings. The normalized spacial score (nSPS) is 19.9. The van der Waals surface area contributed by atoms with Crippen molar-refractivity contribution in [1.82, 2.24) is 0 Å². The van der Waals surface area contributed by atoms with Crippen molar-refractivity contribution in [1.29, 1.82) is 0 Å². The van der Waals surface area contributed by atoms with Crippen LogP contribution in [0.25, 0.3) is 0 Å². The van der Waals surface area contributed by atoms with Gasteiger partial charge in [0.05, 0.1) is 0 Å². The summed E-state index contributed by atoms with van der Waals surface area (Å²) in [4.78, 5) is 0. The molecule has 0 saturated heterocycles. The van der Waals surface area contributed by atoms with Gasteiger partial charge in [0.25, 0.3) is 0 Å². The van der Waals surface area contributed by atoms with E-state index in [1.54, 1.807) is 0 Å². The Morgan fingerprint density at radius 2 is 2.00 bits per heavy atom. The van der Waals surface area contributed by atoms with Crippen LogP contribution in [0.4, 0.5) is 0 Å². The molecular formula is C14H16O. The maximum Gasteiger partial charge on any atom is 0.123 e. The summed E-state index contributed by atoms with van der Waals surface area (Å²) >= 11 is 0. The van der Waals surface area contributed by atoms with Crippen molar-refractivity contribution in [3.63, 3.8) is 0 Å². The maximum atomic E-state index is 5.90. The minimum absolute atomic E-state index is 0.190. The van der Waals surface area contributed by atoms with Crippen LogP contribution in [0.3, 0.4) is 0 Å². The highest BCUT2D eigenvalue weighted by Gasteiger charge is 2.09. The van der Waals surface area contributed by atoms with Crippen molar-refractivity contribution >= 4 is 0 Å². The van der Waals surface area contributed by atoms with Crippen LogP contribution in [-0.2, 0) is 0 Å². The number of rotatable bonds is 2. The Morgan fingerprint density at radius 3 is 2.67 bits per heavy atom. The Bertz CT molecular complexity index is 402. The Labute approximate surface area is 91.1 Å². The number of hydrogen-bond donors (Lipinski definition) is 0. The molecule has 1 heteroatoms. The summed E-state index contributed by atoms with van der Waals surface area (Å²) < 4.78 is 5.90. The van der Waals surface area contributed by atoms with Gasteiger partial charge in [-0.2, -0.15) is 0 Å². The van der Waals surface area contributed by atoms with Crippen LogP contribution >= 0.6 is 0 Å². The van der Waals surface area contributed by atoms with Crippen LogP contribution < -0.4 is 4.74 Å². The van der Waals surface area contributed by atoms with Crippen LogP contribution in [-0.4, -0.2) is 6.10 Å². The van der Waals surface area contributed by atoms with Crippen LogP contribution in [0, 0.1) is 6.92 Å². The number of ether oxygens (including phenoxy) is 1. The molecule has 1 aromatic carbocycles. The molecule has 0 amide bonds. The van der Waals surface area contributed by atoms with Gasteiger partial charge in [-0.3, -0.25) is 0 Å². The van der Waals surface area contributed by atoms with Gasteiger partial charge in [-0.25, -0.2) is 0 Å². The topological polar surface area (TPSA) is 9.23 Å². The molecule has 2 rings (SSSR count). The fourth-order valence-corrected chi connectivity index (χ4v) is 1.65. The lowest BCUT2D eigenvalue weighted by Crippen LogP contribution is -2.15. The summed E-state index contributed by atoms with van der Waals surface area (Å²) in [5.74, 6) is 0.986. The average Bonchev–Trinajstić information content (AvgIpc) is 2.25. The highest BCUT2D eigenvalue weighted by Crippen LogP contribution is 2.21. The van der Waals surface area contributed by atoms with E-state index >= 15 is 0 Å². The Hall–Kier alpha value is -1.50. The van der Waals surface area contributed by atoms with Crippen LogP contribution in [0.15, 0.2) is 48.1 Å². The van der Waals surface area contributed by atoms with E-state index < -0.39 is 0 Å². The molecule has 0 aliphatic heterocycles. The number of hydrogen-bond acceptors (Lipinski definition) is 1. The van der Waals surface area contributed by atoms with E-state index in [2.05, 4.69) is 38.1 Å². The second-order valence-corrected chi connectivity index (χ2v) is 3.96. The van der Waals surface area contributed by atoms with Gasteiger partial charge in [0.2, 0.25) is 0 Å². The van der Waals surface area contributed by atoms with Gasteiger partial charge in [0, 0.05) is 6.42 Å². The van der Waals surface area contributed by atoms with E-state index in [1.807, 2.05) is 18.2 Å². The zero-order valence-corrected chi connectivity index (χ0v) is 9.23. The van der Waals surface area contributed by atoms with Gasteiger partial charge in [-0.15, -0.1) is 0 Å². The van der Waals surface area contributed by atoms with E-state index in [4.69, 9.17) is 4.74 Å². The first-order valence-electron chi connectivity index (χ1n) is 5.33. The SMILES string of the molecule is CC1=CCC(Oc2ccccc2C)C=C1. The average molecular weight is 200 g/mol. The third-order valence-electron chi connectivity index (χ3n) is 2.62. The molecule has 0 radical (unpaired) electrons. The number of aryl methyl sites for hydroxylation is 1. The van der Waals surface area contributed by atoms with Crippen molar-refractivity contribution < 1.29 is 4.74 Å². The lowest BCUT2D eigenvalue weighted by Gasteiger charge is -2.18. The lowest BCUT2D eigenvalue weighted by atomic mass is 10.1. The monoisotopic (exact) mass is 200 g/mol. The van der Waals surface area contributed by atoms with E-state index in [9.17, 15) is 0 Å². The second-order valence-electron chi connectivity index (χ2n) is 3.96. The fraction of sp³-hybridized carbons (Fsp3) is 0.286. The number of benzene rings is 1. The minimum Gasteiger partial charge on any atom is -0.486 e. The quantitative estimate of drug-likeness (QED) is 0.708. The summed E-state index contributed by atoms with van der Waals surface area (Å²) in [6.07, 6.45) is 7.61. The van der Waals surface area contributed by atoms with Crippen LogP contribution in [0.1, 0.15) is 18.9 Å². The van der Waals surface area contributed by atoms with Gasteiger partial charge in [0.1, 0.15) is 11.9 Å². The molecule has 1 atom stereocenters. The summed E-state index contributed by atoms with van der Waals surface area (Å²) in [6, 6.07) is 8.14. The van der Waals surface area contributed by atoms with Crippen LogP contribution in [0.5, 0.6) is 5.75 Å². The van der Waals surface area contributed by atoms with Crippen LogP contribution in [0.2, 0.25) is 0 Å². The standard InChI is InChI=1S/C14H16O/c1-11-7-9-13(10-8-11)15-14-6-4-3-5-12(14)2/h3-9,13H,10H2,1-2H3. The molecule has 1 aliphatic carbocycles. The van der Waals surface area contributed by atoms with E-state index in [-0.39, 0.29) is 6.10 Å². The third-order valence-corrected chi connectivity index (χ3v) is 2.62. The van der Waals surface area contributed by atoms with Gasteiger partial charge in [-0.1, -0.05) is 35.9 Å². The number of allylic oxidation sites excluding steroid dienone is 2. The number of para-hydroxylation sites is 1. The van der Waals surface area contributed by atoms with E-state index in [0.717, 1.165) is 12.2 Å². The van der Waals surface area contributed by atoms with Gasteiger partial charge in [0.15, 0.2) is 0 Å². The zero-order chi connectivity index (χ0) is 10.7. The second kappa shape index (κ2) is 4.35.